The summed E-state index contributed by atoms with van der Waals surface area (Å²) in [6.45, 7) is 0. The van der Waals surface area contributed by atoms with Gasteiger partial charge >= 0.3 is 11.9 Å². The molecule has 4 saturated carbocycles. The predicted octanol–water partition coefficient (Wildman–Crippen LogP) is 0.890. The lowest BCUT2D eigenvalue weighted by atomic mass is 9.43. The van der Waals surface area contributed by atoms with E-state index >= 15 is 0 Å². The van der Waals surface area contributed by atoms with Gasteiger partial charge in [0.1, 0.15) is 0 Å². The van der Waals surface area contributed by atoms with E-state index in [0.717, 1.165) is 12.8 Å². The minimum absolute atomic E-state index is 0.0134. The van der Waals surface area contributed by atoms with E-state index in [-0.39, 0.29) is 17.9 Å². The van der Waals surface area contributed by atoms with Gasteiger partial charge in [0.2, 0.25) is 0 Å². The van der Waals surface area contributed by atoms with Crippen LogP contribution in [0.15, 0.2) is 0 Å². The molecule has 5 unspecified atom stereocenters. The molecule has 0 saturated heterocycles. The van der Waals surface area contributed by atoms with Crippen molar-refractivity contribution >= 4 is 11.9 Å². The number of aliphatic hydroxyl groups excluding tert-OH is 1. The van der Waals surface area contributed by atoms with Crippen LogP contribution < -0.4 is 0 Å². The zero-order chi connectivity index (χ0) is 13.8. The third-order valence-corrected chi connectivity index (χ3v) is 5.50. The first kappa shape index (κ1) is 12.9. The van der Waals surface area contributed by atoms with Crippen molar-refractivity contribution in [2.75, 3.05) is 14.2 Å². The number of hydrogen-bond acceptors (Lipinski definition) is 5. The molecule has 0 radical (unpaired) electrons. The van der Waals surface area contributed by atoms with Gasteiger partial charge in [-0.1, -0.05) is 0 Å². The van der Waals surface area contributed by atoms with E-state index in [4.69, 9.17) is 9.47 Å². The molecule has 4 aliphatic rings. The van der Waals surface area contributed by atoms with E-state index in [2.05, 4.69) is 0 Å². The van der Waals surface area contributed by atoms with Crippen molar-refractivity contribution in [2.24, 2.45) is 22.7 Å². The third kappa shape index (κ3) is 1.51. The summed E-state index contributed by atoms with van der Waals surface area (Å²) in [4.78, 5) is 24.4. The molecule has 19 heavy (non-hydrogen) atoms. The van der Waals surface area contributed by atoms with Crippen LogP contribution in [-0.2, 0) is 19.1 Å². The van der Waals surface area contributed by atoms with Gasteiger partial charge in [-0.2, -0.15) is 0 Å². The molecule has 0 aliphatic heterocycles. The molecule has 5 heteroatoms. The first-order valence-electron chi connectivity index (χ1n) is 6.82. The molecule has 0 heterocycles. The Kier molecular flexibility index (Phi) is 2.68. The zero-order valence-electron chi connectivity index (χ0n) is 11.3. The summed E-state index contributed by atoms with van der Waals surface area (Å²) in [5.41, 5.74) is -1.49. The third-order valence-electron chi connectivity index (χ3n) is 5.50. The van der Waals surface area contributed by atoms with Gasteiger partial charge in [-0.3, -0.25) is 9.59 Å². The largest absolute Gasteiger partial charge is 0.469 e. The van der Waals surface area contributed by atoms with Gasteiger partial charge in [0.25, 0.3) is 0 Å². The summed E-state index contributed by atoms with van der Waals surface area (Å²) in [6.07, 6.45) is 2.63. The summed E-state index contributed by atoms with van der Waals surface area (Å²) in [7, 11) is 2.74. The first-order valence-corrected chi connectivity index (χ1v) is 6.82. The summed E-state index contributed by atoms with van der Waals surface area (Å²) < 4.78 is 9.87. The Morgan fingerprint density at radius 3 is 2.42 bits per heavy atom. The van der Waals surface area contributed by atoms with E-state index in [9.17, 15) is 14.7 Å². The van der Waals surface area contributed by atoms with Crippen molar-refractivity contribution in [2.45, 2.75) is 38.2 Å². The Morgan fingerprint density at radius 1 is 1.11 bits per heavy atom. The second-order valence-corrected chi connectivity index (χ2v) is 6.52. The van der Waals surface area contributed by atoms with Crippen LogP contribution in [0.3, 0.4) is 0 Å². The Bertz CT molecular complexity index is 434. The molecule has 4 fully saturated rings. The number of carbonyl (C=O) groups excluding carboxylic acids is 2. The van der Waals surface area contributed by atoms with E-state index in [1.807, 2.05) is 0 Å². The average Bonchev–Trinajstić information content (AvgIpc) is 2.41. The lowest BCUT2D eigenvalue weighted by Crippen LogP contribution is -2.64. The monoisotopic (exact) mass is 268 g/mol. The van der Waals surface area contributed by atoms with Gasteiger partial charge in [0.05, 0.1) is 31.2 Å². The van der Waals surface area contributed by atoms with E-state index in [1.54, 1.807) is 0 Å². The maximum absolute atomic E-state index is 12.2. The molecule has 0 aromatic rings. The fourth-order valence-electron chi connectivity index (χ4n) is 5.08. The van der Waals surface area contributed by atoms with Crippen LogP contribution >= 0.6 is 0 Å². The van der Waals surface area contributed by atoms with E-state index in [1.165, 1.54) is 14.2 Å². The normalized spacial score (nSPS) is 47.0. The number of rotatable bonds is 2. The topological polar surface area (TPSA) is 72.8 Å². The molecule has 0 aromatic carbocycles. The molecular weight excluding hydrogens is 248 g/mol. The van der Waals surface area contributed by atoms with Crippen molar-refractivity contribution < 1.29 is 24.2 Å². The van der Waals surface area contributed by atoms with Crippen molar-refractivity contribution in [3.63, 3.8) is 0 Å². The Morgan fingerprint density at radius 2 is 1.79 bits per heavy atom. The standard InChI is InChI=1S/C14H20O5/c1-18-11(16)13-4-8-3-9(6-13)10(15)14(5-8,7-13)12(17)19-2/h8-10,15H,3-7H2,1-2H3. The fourth-order valence-corrected chi connectivity index (χ4v) is 5.08. The molecule has 4 rings (SSSR count). The summed E-state index contributed by atoms with van der Waals surface area (Å²) in [5.74, 6) is -0.280. The quantitative estimate of drug-likeness (QED) is 0.753. The molecule has 106 valence electrons. The highest BCUT2D eigenvalue weighted by Crippen LogP contribution is 2.65. The fraction of sp³-hybridized carbons (Fsp3) is 0.857. The van der Waals surface area contributed by atoms with E-state index in [0.29, 0.717) is 25.2 Å². The summed E-state index contributed by atoms with van der Waals surface area (Å²) in [5, 5.41) is 10.5. The van der Waals surface area contributed by atoms with Gasteiger partial charge in [0, 0.05) is 0 Å². The number of aliphatic hydroxyl groups is 1. The molecule has 5 nitrogen and oxygen atoms in total. The molecule has 5 atom stereocenters. The van der Waals surface area contributed by atoms with Crippen LogP contribution in [0.2, 0.25) is 0 Å². The van der Waals surface area contributed by atoms with Crippen LogP contribution in [0, 0.1) is 22.7 Å². The maximum atomic E-state index is 12.2. The van der Waals surface area contributed by atoms with Crippen molar-refractivity contribution in [1.82, 2.24) is 0 Å². The van der Waals surface area contributed by atoms with Crippen molar-refractivity contribution in [3.8, 4) is 0 Å². The Balaban J connectivity index is 2.03. The Hall–Kier alpha value is -1.10. The second kappa shape index (κ2) is 3.95. The second-order valence-electron chi connectivity index (χ2n) is 6.52. The number of methoxy groups -OCH3 is 2. The molecule has 4 bridgehead atoms. The summed E-state index contributed by atoms with van der Waals surface area (Å²) in [6, 6.07) is 0. The first-order chi connectivity index (χ1) is 8.97. The van der Waals surface area contributed by atoms with Gasteiger partial charge in [-0.15, -0.1) is 0 Å². The SMILES string of the molecule is COC(=O)C12CC3CC(C1)C(O)C(C(=O)OC)(C3)C2. The molecule has 1 N–H and O–H groups in total. The lowest BCUT2D eigenvalue weighted by Gasteiger charge is -2.61. The molecule has 0 amide bonds. The minimum Gasteiger partial charge on any atom is -0.469 e. The van der Waals surface area contributed by atoms with Gasteiger partial charge in [-0.25, -0.2) is 0 Å². The minimum atomic E-state index is -0.896. The van der Waals surface area contributed by atoms with Crippen LogP contribution in [0.1, 0.15) is 32.1 Å². The highest BCUT2D eigenvalue weighted by atomic mass is 16.5. The zero-order valence-corrected chi connectivity index (χ0v) is 11.3. The summed E-state index contributed by atoms with van der Waals surface area (Å²) >= 11 is 0. The predicted molar refractivity (Wildman–Crippen MR) is 65.0 cm³/mol. The maximum Gasteiger partial charge on any atom is 0.314 e. The van der Waals surface area contributed by atoms with E-state index < -0.39 is 16.9 Å². The van der Waals surface area contributed by atoms with Crippen LogP contribution in [0.4, 0.5) is 0 Å². The highest BCUT2D eigenvalue weighted by molar-refractivity contribution is 5.83. The molecular formula is C14H20O5. The number of carbonyl (C=O) groups is 2. The van der Waals surface area contributed by atoms with Gasteiger partial charge in [0.15, 0.2) is 0 Å². The highest BCUT2D eigenvalue weighted by Gasteiger charge is 2.68. The average molecular weight is 268 g/mol. The van der Waals surface area contributed by atoms with Gasteiger partial charge < -0.3 is 14.6 Å². The van der Waals surface area contributed by atoms with Crippen LogP contribution in [0.25, 0.3) is 0 Å². The molecule has 4 aliphatic carbocycles. The Labute approximate surface area is 112 Å². The smallest absolute Gasteiger partial charge is 0.314 e. The molecule has 0 spiro atoms. The van der Waals surface area contributed by atoms with Gasteiger partial charge in [-0.05, 0) is 43.9 Å². The number of hydrogen-bond donors (Lipinski definition) is 1. The number of esters is 2. The van der Waals surface area contributed by atoms with Crippen LogP contribution in [-0.4, -0.2) is 37.4 Å². The van der Waals surface area contributed by atoms with Crippen molar-refractivity contribution in [1.29, 1.82) is 0 Å². The molecule has 0 aromatic heterocycles. The number of ether oxygens (including phenoxy) is 2. The van der Waals surface area contributed by atoms with Crippen molar-refractivity contribution in [3.05, 3.63) is 0 Å². The lowest BCUT2D eigenvalue weighted by molar-refractivity contribution is -0.218. The van der Waals surface area contributed by atoms with Crippen LogP contribution in [0.5, 0.6) is 0 Å².